The zero-order valence-electron chi connectivity index (χ0n) is 11.5. The van der Waals surface area contributed by atoms with Crippen molar-refractivity contribution >= 4 is 0 Å². The first-order chi connectivity index (χ1) is 9.60. The van der Waals surface area contributed by atoms with E-state index in [9.17, 15) is 8.78 Å². The number of hydrogen-bond donors (Lipinski definition) is 1. The quantitative estimate of drug-likeness (QED) is 0.643. The Kier molecular flexibility index (Phi) is 5.42. The van der Waals surface area contributed by atoms with E-state index in [0.717, 1.165) is 25.7 Å². The summed E-state index contributed by atoms with van der Waals surface area (Å²) in [6.45, 7) is -0.425. The molecule has 2 rings (SSSR count). The molecule has 1 aromatic rings. The second kappa shape index (κ2) is 7.08. The number of aromatic nitrogens is 2. The summed E-state index contributed by atoms with van der Waals surface area (Å²) in [7, 11) is 0. The van der Waals surface area contributed by atoms with Gasteiger partial charge in [0, 0.05) is 0 Å². The van der Waals surface area contributed by atoms with Crippen LogP contribution in [0, 0.1) is 0 Å². The number of alkyl halides is 2. The van der Waals surface area contributed by atoms with E-state index in [2.05, 4.69) is 10.1 Å². The summed E-state index contributed by atoms with van der Waals surface area (Å²) in [4.78, 5) is 4.29. The Morgan fingerprint density at radius 3 is 2.60 bits per heavy atom. The monoisotopic (exact) mass is 289 g/mol. The molecule has 0 radical (unpaired) electrons. The number of rotatable bonds is 6. The van der Waals surface area contributed by atoms with Gasteiger partial charge < -0.3 is 15.0 Å². The normalized spacial score (nSPS) is 19.2. The molecule has 7 heteroatoms. The lowest BCUT2D eigenvalue weighted by atomic mass is 9.91. The first kappa shape index (κ1) is 15.3. The topological polar surface area (TPSA) is 74.2 Å². The Morgan fingerprint density at radius 2 is 1.95 bits per heavy atom. The molecule has 0 bridgehead atoms. The molecule has 0 saturated heterocycles. The van der Waals surface area contributed by atoms with E-state index in [1.54, 1.807) is 0 Å². The van der Waals surface area contributed by atoms with Crippen LogP contribution in [-0.2, 0) is 16.7 Å². The molecule has 0 spiro atoms. The van der Waals surface area contributed by atoms with Crippen molar-refractivity contribution < 1.29 is 18.0 Å². The number of ether oxygens (including phenoxy) is 1. The van der Waals surface area contributed by atoms with Crippen LogP contribution in [0.5, 0.6) is 0 Å². The summed E-state index contributed by atoms with van der Waals surface area (Å²) < 4.78 is 33.7. The minimum atomic E-state index is -2.45. The first-order valence-electron chi connectivity index (χ1n) is 7.08. The maximum atomic E-state index is 11.9. The standard InChI is InChI=1S/C13H21F2N3O2/c14-10(15)9-19-8-5-11-17-12(18-20-11)13(16)6-3-1-2-4-7-13/h10H,1-9,16H2. The van der Waals surface area contributed by atoms with E-state index in [4.69, 9.17) is 15.0 Å². The summed E-state index contributed by atoms with van der Waals surface area (Å²) in [5.74, 6) is 0.923. The van der Waals surface area contributed by atoms with Gasteiger partial charge in [-0.25, -0.2) is 8.78 Å². The van der Waals surface area contributed by atoms with Crippen LogP contribution in [0.3, 0.4) is 0 Å². The number of nitrogens with two attached hydrogens (primary N) is 1. The molecule has 0 aromatic carbocycles. The highest BCUT2D eigenvalue weighted by atomic mass is 19.3. The average molecular weight is 289 g/mol. The van der Waals surface area contributed by atoms with Crippen LogP contribution < -0.4 is 5.73 Å². The molecule has 20 heavy (non-hydrogen) atoms. The van der Waals surface area contributed by atoms with Crippen LogP contribution in [0.2, 0.25) is 0 Å². The lowest BCUT2D eigenvalue weighted by Crippen LogP contribution is -2.37. The van der Waals surface area contributed by atoms with E-state index in [-0.39, 0.29) is 6.61 Å². The maximum Gasteiger partial charge on any atom is 0.261 e. The van der Waals surface area contributed by atoms with Crippen LogP contribution in [0.15, 0.2) is 4.52 Å². The molecular formula is C13H21F2N3O2. The Bertz CT molecular complexity index is 404. The summed E-state index contributed by atoms with van der Waals surface area (Å²) in [6, 6.07) is 0. The van der Waals surface area contributed by atoms with Gasteiger partial charge in [0.1, 0.15) is 6.61 Å². The SMILES string of the molecule is NC1(c2noc(CCOCC(F)F)n2)CCCCCC1. The molecule has 1 aliphatic rings. The van der Waals surface area contributed by atoms with Gasteiger partial charge in [-0.15, -0.1) is 0 Å². The Morgan fingerprint density at radius 1 is 1.25 bits per heavy atom. The van der Waals surface area contributed by atoms with Gasteiger partial charge in [0.2, 0.25) is 5.89 Å². The highest BCUT2D eigenvalue weighted by molar-refractivity contribution is 5.04. The number of nitrogens with zero attached hydrogens (tertiary/aromatic N) is 2. The highest BCUT2D eigenvalue weighted by Gasteiger charge is 2.33. The molecule has 0 amide bonds. The smallest absolute Gasteiger partial charge is 0.261 e. The van der Waals surface area contributed by atoms with E-state index in [0.29, 0.717) is 18.1 Å². The van der Waals surface area contributed by atoms with Crippen LogP contribution in [-0.4, -0.2) is 29.8 Å². The van der Waals surface area contributed by atoms with Crippen LogP contribution in [0.1, 0.15) is 50.2 Å². The van der Waals surface area contributed by atoms with Crippen molar-refractivity contribution in [2.45, 2.75) is 56.9 Å². The molecule has 1 aliphatic carbocycles. The molecule has 5 nitrogen and oxygen atoms in total. The van der Waals surface area contributed by atoms with E-state index < -0.39 is 18.6 Å². The van der Waals surface area contributed by atoms with Crippen molar-refractivity contribution in [3.05, 3.63) is 11.7 Å². The Labute approximate surface area is 116 Å². The maximum absolute atomic E-state index is 11.9. The molecule has 0 atom stereocenters. The fourth-order valence-corrected chi connectivity index (χ4v) is 2.47. The van der Waals surface area contributed by atoms with Crippen LogP contribution >= 0.6 is 0 Å². The van der Waals surface area contributed by atoms with Gasteiger partial charge in [-0.3, -0.25) is 0 Å². The van der Waals surface area contributed by atoms with Gasteiger partial charge in [-0.05, 0) is 12.8 Å². The second-order valence-corrected chi connectivity index (χ2v) is 5.30. The zero-order valence-corrected chi connectivity index (χ0v) is 11.5. The van der Waals surface area contributed by atoms with Gasteiger partial charge in [0.05, 0.1) is 18.6 Å². The first-order valence-corrected chi connectivity index (χ1v) is 7.08. The molecule has 0 unspecified atom stereocenters. The summed E-state index contributed by atoms with van der Waals surface area (Å²) >= 11 is 0. The third-order valence-corrected chi connectivity index (χ3v) is 3.61. The lowest BCUT2D eigenvalue weighted by Gasteiger charge is -2.23. The van der Waals surface area contributed by atoms with Crippen molar-refractivity contribution in [3.8, 4) is 0 Å². The van der Waals surface area contributed by atoms with Crippen molar-refractivity contribution in [3.63, 3.8) is 0 Å². The fourth-order valence-electron chi connectivity index (χ4n) is 2.47. The molecular weight excluding hydrogens is 268 g/mol. The second-order valence-electron chi connectivity index (χ2n) is 5.30. The largest absolute Gasteiger partial charge is 0.375 e. The summed E-state index contributed by atoms with van der Waals surface area (Å²) in [5, 5.41) is 3.95. The van der Waals surface area contributed by atoms with E-state index in [1.165, 1.54) is 12.8 Å². The van der Waals surface area contributed by atoms with Crippen LogP contribution in [0.4, 0.5) is 8.78 Å². The van der Waals surface area contributed by atoms with Crippen molar-refractivity contribution in [1.29, 1.82) is 0 Å². The molecule has 1 fully saturated rings. The molecule has 1 saturated carbocycles. The fraction of sp³-hybridized carbons (Fsp3) is 0.846. The predicted molar refractivity (Wildman–Crippen MR) is 68.4 cm³/mol. The van der Waals surface area contributed by atoms with Crippen molar-refractivity contribution in [2.75, 3.05) is 13.2 Å². The Balaban J connectivity index is 1.87. The average Bonchev–Trinajstić information content (AvgIpc) is 2.78. The van der Waals surface area contributed by atoms with Gasteiger partial charge in [0.15, 0.2) is 5.82 Å². The third-order valence-electron chi connectivity index (χ3n) is 3.61. The summed E-state index contributed by atoms with van der Waals surface area (Å²) in [6.07, 6.45) is 4.09. The molecule has 114 valence electrons. The zero-order chi connectivity index (χ0) is 14.4. The van der Waals surface area contributed by atoms with Crippen molar-refractivity contribution in [1.82, 2.24) is 10.1 Å². The molecule has 1 heterocycles. The van der Waals surface area contributed by atoms with Gasteiger partial charge in [-0.1, -0.05) is 30.8 Å². The van der Waals surface area contributed by atoms with Gasteiger partial charge in [0.25, 0.3) is 6.43 Å². The molecule has 2 N–H and O–H groups in total. The van der Waals surface area contributed by atoms with E-state index in [1.807, 2.05) is 0 Å². The minimum Gasteiger partial charge on any atom is -0.375 e. The lowest BCUT2D eigenvalue weighted by molar-refractivity contribution is 0.0171. The van der Waals surface area contributed by atoms with Gasteiger partial charge in [-0.2, -0.15) is 4.98 Å². The predicted octanol–water partition coefficient (Wildman–Crippen LogP) is 2.40. The van der Waals surface area contributed by atoms with Gasteiger partial charge >= 0.3 is 0 Å². The third kappa shape index (κ3) is 4.21. The van der Waals surface area contributed by atoms with Crippen molar-refractivity contribution in [2.24, 2.45) is 5.73 Å². The molecule has 1 aromatic heterocycles. The number of hydrogen-bond acceptors (Lipinski definition) is 5. The van der Waals surface area contributed by atoms with Crippen LogP contribution in [0.25, 0.3) is 0 Å². The Hall–Kier alpha value is -1.08. The van der Waals surface area contributed by atoms with E-state index >= 15 is 0 Å². The summed E-state index contributed by atoms with van der Waals surface area (Å²) in [5.41, 5.74) is 5.86. The number of halogens is 2. The highest BCUT2D eigenvalue weighted by Crippen LogP contribution is 2.31. The minimum absolute atomic E-state index is 0.142. The molecule has 0 aliphatic heterocycles.